The lowest BCUT2D eigenvalue weighted by Gasteiger charge is -2.27. The van der Waals surface area contributed by atoms with Crippen molar-refractivity contribution in [3.8, 4) is 5.75 Å². The average Bonchev–Trinajstić information content (AvgIpc) is 2.61. The molecule has 0 aromatic heterocycles. The molecule has 0 saturated heterocycles. The third-order valence-electron chi connectivity index (χ3n) is 4.92. The van der Waals surface area contributed by atoms with Gasteiger partial charge < -0.3 is 10.1 Å². The molecule has 0 heterocycles. The Morgan fingerprint density at radius 1 is 1.28 bits per heavy atom. The molecule has 0 unspecified atom stereocenters. The largest absolute Gasteiger partial charge is 0.494 e. The number of carbonyl (C=O) groups is 1. The van der Waals surface area contributed by atoms with Crippen LogP contribution in [0.1, 0.15) is 58.8 Å². The molecule has 0 aliphatic heterocycles. The van der Waals surface area contributed by atoms with Crippen LogP contribution in [0.15, 0.2) is 18.2 Å². The van der Waals surface area contributed by atoms with Gasteiger partial charge >= 0.3 is 0 Å². The average molecular weight is 348 g/mol. The van der Waals surface area contributed by atoms with E-state index in [1.165, 1.54) is 25.3 Å². The SMILES string of the molecule is CCCCC1CCC(C(=O)Nc2ccc(OCC)cc2[N+](=O)[O-])CC1. The molecule has 2 rings (SSSR count). The van der Waals surface area contributed by atoms with Crippen LogP contribution in [0.25, 0.3) is 0 Å². The van der Waals surface area contributed by atoms with Gasteiger partial charge in [0.25, 0.3) is 5.69 Å². The first-order valence-corrected chi connectivity index (χ1v) is 9.27. The van der Waals surface area contributed by atoms with E-state index in [1.54, 1.807) is 12.1 Å². The zero-order chi connectivity index (χ0) is 18.2. The molecule has 0 spiro atoms. The van der Waals surface area contributed by atoms with Gasteiger partial charge in [0.15, 0.2) is 0 Å². The highest BCUT2D eigenvalue weighted by Crippen LogP contribution is 2.34. The Balaban J connectivity index is 1.97. The van der Waals surface area contributed by atoms with Crippen molar-refractivity contribution in [2.45, 2.75) is 58.8 Å². The first kappa shape index (κ1) is 19.2. The highest BCUT2D eigenvalue weighted by Gasteiger charge is 2.27. The van der Waals surface area contributed by atoms with E-state index in [0.717, 1.165) is 31.6 Å². The van der Waals surface area contributed by atoms with Crippen LogP contribution in [-0.2, 0) is 4.79 Å². The van der Waals surface area contributed by atoms with Crippen LogP contribution in [0.4, 0.5) is 11.4 Å². The van der Waals surface area contributed by atoms with Crippen LogP contribution in [0.3, 0.4) is 0 Å². The number of nitro groups is 1. The maximum absolute atomic E-state index is 12.5. The van der Waals surface area contributed by atoms with Crippen molar-refractivity contribution in [1.29, 1.82) is 0 Å². The van der Waals surface area contributed by atoms with Crippen molar-refractivity contribution >= 4 is 17.3 Å². The molecule has 0 bridgehead atoms. The van der Waals surface area contributed by atoms with Crippen molar-refractivity contribution in [2.24, 2.45) is 11.8 Å². The summed E-state index contributed by atoms with van der Waals surface area (Å²) in [5.74, 6) is 0.998. The van der Waals surface area contributed by atoms with Crippen LogP contribution in [0.5, 0.6) is 5.75 Å². The van der Waals surface area contributed by atoms with Gasteiger partial charge in [-0.15, -0.1) is 0 Å². The molecule has 1 amide bonds. The Morgan fingerprint density at radius 2 is 2.00 bits per heavy atom. The summed E-state index contributed by atoms with van der Waals surface area (Å²) < 4.78 is 5.30. The molecule has 1 fully saturated rings. The molecule has 1 aromatic carbocycles. The van der Waals surface area contributed by atoms with E-state index >= 15 is 0 Å². The van der Waals surface area contributed by atoms with E-state index in [9.17, 15) is 14.9 Å². The van der Waals surface area contributed by atoms with E-state index in [2.05, 4.69) is 12.2 Å². The lowest BCUT2D eigenvalue weighted by atomic mass is 9.79. The molecule has 25 heavy (non-hydrogen) atoms. The number of hydrogen-bond donors (Lipinski definition) is 1. The summed E-state index contributed by atoms with van der Waals surface area (Å²) in [6, 6.07) is 4.56. The quantitative estimate of drug-likeness (QED) is 0.533. The van der Waals surface area contributed by atoms with Gasteiger partial charge in [-0.25, -0.2) is 0 Å². The fraction of sp³-hybridized carbons (Fsp3) is 0.632. The molecule has 1 aliphatic carbocycles. The monoisotopic (exact) mass is 348 g/mol. The number of benzene rings is 1. The summed E-state index contributed by atoms with van der Waals surface area (Å²) in [5.41, 5.74) is 0.113. The van der Waals surface area contributed by atoms with E-state index in [1.807, 2.05) is 6.92 Å². The summed E-state index contributed by atoms with van der Waals surface area (Å²) in [7, 11) is 0. The minimum Gasteiger partial charge on any atom is -0.494 e. The highest BCUT2D eigenvalue weighted by atomic mass is 16.6. The lowest BCUT2D eigenvalue weighted by Crippen LogP contribution is -2.27. The number of ether oxygens (including phenoxy) is 1. The summed E-state index contributed by atoms with van der Waals surface area (Å²) in [4.78, 5) is 23.3. The standard InChI is InChI=1S/C19H28N2O4/c1-3-5-6-14-7-9-15(10-8-14)19(22)20-17-12-11-16(25-4-2)13-18(17)21(23)24/h11-15H,3-10H2,1-2H3,(H,20,22). The molecular weight excluding hydrogens is 320 g/mol. The Kier molecular flexibility index (Phi) is 7.22. The summed E-state index contributed by atoms with van der Waals surface area (Å²) in [6.07, 6.45) is 7.58. The Hall–Kier alpha value is -2.11. The minimum atomic E-state index is -0.486. The van der Waals surface area contributed by atoms with Crippen LogP contribution in [0.2, 0.25) is 0 Å². The van der Waals surface area contributed by atoms with Gasteiger partial charge in [0.1, 0.15) is 11.4 Å². The van der Waals surface area contributed by atoms with Gasteiger partial charge in [-0.1, -0.05) is 26.2 Å². The third-order valence-corrected chi connectivity index (χ3v) is 4.92. The van der Waals surface area contributed by atoms with E-state index in [-0.39, 0.29) is 23.2 Å². The maximum Gasteiger partial charge on any atom is 0.296 e. The number of nitrogens with zero attached hydrogens (tertiary/aromatic N) is 1. The minimum absolute atomic E-state index is 0.0518. The van der Waals surface area contributed by atoms with Crippen molar-refractivity contribution < 1.29 is 14.5 Å². The Bertz CT molecular complexity index is 595. The number of nitro benzene ring substituents is 1. The van der Waals surface area contributed by atoms with Crippen LogP contribution >= 0.6 is 0 Å². The van der Waals surface area contributed by atoms with Gasteiger partial charge in [0.05, 0.1) is 17.6 Å². The summed E-state index contributed by atoms with van der Waals surface area (Å²) >= 11 is 0. The van der Waals surface area contributed by atoms with E-state index in [0.29, 0.717) is 12.4 Å². The van der Waals surface area contributed by atoms with E-state index < -0.39 is 4.92 Å². The fourth-order valence-electron chi connectivity index (χ4n) is 3.47. The molecule has 1 aromatic rings. The molecule has 0 atom stereocenters. The van der Waals surface area contributed by atoms with Gasteiger partial charge in [0.2, 0.25) is 5.91 Å². The second-order valence-corrected chi connectivity index (χ2v) is 6.72. The van der Waals surface area contributed by atoms with Crippen LogP contribution in [0, 0.1) is 22.0 Å². The van der Waals surface area contributed by atoms with Crippen LogP contribution < -0.4 is 10.1 Å². The first-order valence-electron chi connectivity index (χ1n) is 9.27. The number of carbonyl (C=O) groups excluding carboxylic acids is 1. The molecule has 1 saturated carbocycles. The second-order valence-electron chi connectivity index (χ2n) is 6.72. The Labute approximate surface area is 149 Å². The first-order chi connectivity index (χ1) is 12.0. The lowest BCUT2D eigenvalue weighted by molar-refractivity contribution is -0.384. The number of nitrogens with one attached hydrogen (secondary N) is 1. The van der Waals surface area contributed by atoms with Crippen molar-refractivity contribution in [3.63, 3.8) is 0 Å². The molecular formula is C19H28N2O4. The number of anilines is 1. The normalized spacial score (nSPS) is 20.1. The Morgan fingerprint density at radius 3 is 2.60 bits per heavy atom. The van der Waals surface area contributed by atoms with Gasteiger partial charge in [0, 0.05) is 5.92 Å². The smallest absolute Gasteiger partial charge is 0.296 e. The predicted octanol–water partition coefficient (Wildman–Crippen LogP) is 4.93. The zero-order valence-electron chi connectivity index (χ0n) is 15.1. The summed E-state index contributed by atoms with van der Waals surface area (Å²) in [5, 5.41) is 14.0. The molecule has 6 nitrogen and oxygen atoms in total. The van der Waals surface area contributed by atoms with Crippen LogP contribution in [-0.4, -0.2) is 17.4 Å². The van der Waals surface area contributed by atoms with Gasteiger partial charge in [-0.2, -0.15) is 0 Å². The van der Waals surface area contributed by atoms with Crippen molar-refractivity contribution in [3.05, 3.63) is 28.3 Å². The number of amides is 1. The zero-order valence-corrected chi connectivity index (χ0v) is 15.1. The molecule has 6 heteroatoms. The molecule has 138 valence electrons. The highest BCUT2D eigenvalue weighted by molar-refractivity contribution is 5.94. The summed E-state index contributed by atoms with van der Waals surface area (Å²) in [6.45, 7) is 4.45. The molecule has 0 radical (unpaired) electrons. The fourth-order valence-corrected chi connectivity index (χ4v) is 3.47. The molecule has 1 N–H and O–H groups in total. The maximum atomic E-state index is 12.5. The van der Waals surface area contributed by atoms with Gasteiger partial charge in [-0.05, 0) is 50.7 Å². The molecule has 1 aliphatic rings. The number of unbranched alkanes of at least 4 members (excludes halogenated alkanes) is 1. The number of hydrogen-bond acceptors (Lipinski definition) is 4. The van der Waals surface area contributed by atoms with E-state index in [4.69, 9.17) is 4.74 Å². The number of rotatable bonds is 8. The third kappa shape index (κ3) is 5.44. The van der Waals surface area contributed by atoms with Crippen molar-refractivity contribution in [1.82, 2.24) is 0 Å². The predicted molar refractivity (Wildman–Crippen MR) is 97.9 cm³/mol. The topological polar surface area (TPSA) is 81.5 Å². The van der Waals surface area contributed by atoms with Crippen molar-refractivity contribution in [2.75, 3.05) is 11.9 Å². The second kappa shape index (κ2) is 9.39. The van der Waals surface area contributed by atoms with Gasteiger partial charge in [-0.3, -0.25) is 14.9 Å².